The van der Waals surface area contributed by atoms with E-state index in [2.05, 4.69) is 15.3 Å². The number of hydrogen-bond donors (Lipinski definition) is 3. The number of nitrogens with one attached hydrogen (secondary N) is 1. The molecule has 1 aliphatic heterocycles. The quantitative estimate of drug-likeness (QED) is 0.724. The summed E-state index contributed by atoms with van der Waals surface area (Å²) in [5.41, 5.74) is 0.274. The molecule has 1 saturated heterocycles. The number of ether oxygens (including phenoxy) is 1. The summed E-state index contributed by atoms with van der Waals surface area (Å²) in [4.78, 5) is 19.6. The molecule has 2 atom stereocenters. The number of rotatable bonds is 5. The minimum atomic E-state index is -1.05. The lowest BCUT2D eigenvalue weighted by Crippen LogP contribution is -2.46. The molecule has 0 amide bonds. The molecule has 4 rings (SSSR count). The smallest absolute Gasteiger partial charge is 0.306 e. The van der Waals surface area contributed by atoms with Crippen LogP contribution >= 0.6 is 0 Å². The van der Waals surface area contributed by atoms with Crippen LogP contribution in [0, 0.1) is 11.7 Å². The molecule has 7 nitrogen and oxygen atoms in total. The third-order valence-electron chi connectivity index (χ3n) is 5.46. The molecule has 1 aliphatic carbocycles. The van der Waals surface area contributed by atoms with Crippen LogP contribution in [-0.4, -0.2) is 45.4 Å². The number of nitrogens with zero attached hydrogens (tertiary/aromatic N) is 2. The van der Waals surface area contributed by atoms with Crippen LogP contribution in [0.5, 0.6) is 0 Å². The number of aromatic nitrogens is 2. The highest BCUT2D eigenvalue weighted by Gasteiger charge is 2.38. The number of hydrogen-bond acceptors (Lipinski definition) is 6. The molecule has 1 aromatic carbocycles. The summed E-state index contributed by atoms with van der Waals surface area (Å²) in [6.45, 7) is 0.421. The Bertz CT molecular complexity index is 888. The SMILES string of the molecule is O=C(O)[C@H]1CCC[C@@H](Nc2ncc(F)c(-c3cccc(C4(O)COC4)c3)n2)C1. The topological polar surface area (TPSA) is 105 Å². The maximum atomic E-state index is 14.4. The van der Waals surface area contributed by atoms with Gasteiger partial charge in [0.05, 0.1) is 25.3 Å². The van der Waals surface area contributed by atoms with E-state index in [1.807, 2.05) is 0 Å². The number of carbonyl (C=O) groups is 1. The Kier molecular flexibility index (Phi) is 4.99. The fourth-order valence-corrected chi connectivity index (χ4v) is 3.78. The number of anilines is 1. The van der Waals surface area contributed by atoms with Crippen molar-refractivity contribution in [3.63, 3.8) is 0 Å². The average molecular weight is 387 g/mol. The van der Waals surface area contributed by atoms with Crippen molar-refractivity contribution in [3.8, 4) is 11.3 Å². The molecule has 0 bridgehead atoms. The van der Waals surface area contributed by atoms with Crippen LogP contribution in [0.1, 0.15) is 31.2 Å². The highest BCUT2D eigenvalue weighted by molar-refractivity contribution is 5.70. The van der Waals surface area contributed by atoms with Crippen LogP contribution < -0.4 is 5.32 Å². The Morgan fingerprint density at radius 1 is 1.32 bits per heavy atom. The van der Waals surface area contributed by atoms with Crippen molar-refractivity contribution in [1.82, 2.24) is 9.97 Å². The van der Waals surface area contributed by atoms with Crippen molar-refractivity contribution in [3.05, 3.63) is 41.8 Å². The fraction of sp³-hybridized carbons (Fsp3) is 0.450. The molecule has 1 saturated carbocycles. The molecule has 8 heteroatoms. The number of aliphatic hydroxyl groups is 1. The summed E-state index contributed by atoms with van der Waals surface area (Å²) < 4.78 is 19.5. The van der Waals surface area contributed by atoms with E-state index in [4.69, 9.17) is 4.74 Å². The molecule has 0 unspecified atom stereocenters. The summed E-state index contributed by atoms with van der Waals surface area (Å²) in [6.07, 6.45) is 3.90. The lowest BCUT2D eigenvalue weighted by atomic mass is 9.86. The second-order valence-corrected chi connectivity index (χ2v) is 7.54. The maximum Gasteiger partial charge on any atom is 0.306 e. The first-order valence-corrected chi connectivity index (χ1v) is 9.37. The predicted molar refractivity (Wildman–Crippen MR) is 99.1 cm³/mol. The van der Waals surface area contributed by atoms with E-state index in [1.165, 1.54) is 0 Å². The first-order chi connectivity index (χ1) is 13.4. The van der Waals surface area contributed by atoms with Gasteiger partial charge in [-0.2, -0.15) is 0 Å². The number of carboxylic acids is 1. The van der Waals surface area contributed by atoms with Gasteiger partial charge < -0.3 is 20.3 Å². The maximum absolute atomic E-state index is 14.4. The number of benzene rings is 1. The highest BCUT2D eigenvalue weighted by Crippen LogP contribution is 2.32. The summed E-state index contributed by atoms with van der Waals surface area (Å²) in [5.74, 6) is -1.47. The van der Waals surface area contributed by atoms with Gasteiger partial charge in [-0.3, -0.25) is 4.79 Å². The fourth-order valence-electron chi connectivity index (χ4n) is 3.78. The minimum Gasteiger partial charge on any atom is -0.481 e. The first-order valence-electron chi connectivity index (χ1n) is 9.37. The van der Waals surface area contributed by atoms with Crippen LogP contribution in [0.15, 0.2) is 30.5 Å². The van der Waals surface area contributed by atoms with E-state index in [0.29, 0.717) is 24.0 Å². The average Bonchev–Trinajstić information content (AvgIpc) is 2.68. The zero-order chi connectivity index (χ0) is 19.7. The lowest BCUT2D eigenvalue weighted by Gasteiger charge is -2.36. The van der Waals surface area contributed by atoms with Gasteiger partial charge in [0.1, 0.15) is 11.3 Å². The number of carboxylic acid groups (broad SMARTS) is 1. The van der Waals surface area contributed by atoms with E-state index < -0.39 is 17.4 Å². The molecule has 2 aliphatic rings. The number of aliphatic carboxylic acids is 1. The molecule has 2 fully saturated rings. The van der Waals surface area contributed by atoms with Crippen LogP contribution in [0.4, 0.5) is 10.3 Å². The van der Waals surface area contributed by atoms with Gasteiger partial charge in [-0.05, 0) is 30.9 Å². The monoisotopic (exact) mass is 387 g/mol. The largest absolute Gasteiger partial charge is 0.481 e. The molecule has 28 heavy (non-hydrogen) atoms. The van der Waals surface area contributed by atoms with Crippen LogP contribution in [0.3, 0.4) is 0 Å². The zero-order valence-corrected chi connectivity index (χ0v) is 15.3. The molecular formula is C20H22FN3O4. The van der Waals surface area contributed by atoms with E-state index in [-0.39, 0.29) is 36.8 Å². The Labute approximate surface area is 161 Å². The van der Waals surface area contributed by atoms with Gasteiger partial charge in [-0.25, -0.2) is 14.4 Å². The first kappa shape index (κ1) is 18.8. The van der Waals surface area contributed by atoms with Crippen LogP contribution in [0.25, 0.3) is 11.3 Å². The standard InChI is InChI=1S/C20H22FN3O4/c21-16-9-22-19(23-15-6-2-4-13(8-15)18(25)26)24-17(16)12-3-1-5-14(7-12)20(27)10-28-11-20/h1,3,5,7,9,13,15,27H,2,4,6,8,10-11H2,(H,25,26)(H,22,23,24)/t13-,15+/m0/s1. The molecule has 0 radical (unpaired) electrons. The van der Waals surface area contributed by atoms with Gasteiger partial charge in [0.25, 0.3) is 0 Å². The summed E-state index contributed by atoms with van der Waals surface area (Å²) in [7, 11) is 0. The van der Waals surface area contributed by atoms with Gasteiger partial charge >= 0.3 is 5.97 Å². The van der Waals surface area contributed by atoms with Crippen molar-refractivity contribution >= 4 is 11.9 Å². The third kappa shape index (κ3) is 3.70. The summed E-state index contributed by atoms with van der Waals surface area (Å²) in [5, 5.41) is 22.8. The molecule has 1 aromatic heterocycles. The molecule has 3 N–H and O–H groups in total. The Balaban J connectivity index is 1.56. The van der Waals surface area contributed by atoms with E-state index in [9.17, 15) is 19.4 Å². The van der Waals surface area contributed by atoms with Gasteiger partial charge in [-0.1, -0.05) is 24.6 Å². The van der Waals surface area contributed by atoms with E-state index >= 15 is 0 Å². The lowest BCUT2D eigenvalue weighted by molar-refractivity contribution is -0.184. The highest BCUT2D eigenvalue weighted by atomic mass is 19.1. The van der Waals surface area contributed by atoms with Gasteiger partial charge in [0.15, 0.2) is 5.82 Å². The summed E-state index contributed by atoms with van der Waals surface area (Å²) in [6, 6.07) is 6.89. The van der Waals surface area contributed by atoms with Gasteiger partial charge in [-0.15, -0.1) is 0 Å². The second kappa shape index (κ2) is 7.44. The Morgan fingerprint density at radius 3 is 2.86 bits per heavy atom. The van der Waals surface area contributed by atoms with Gasteiger partial charge in [0.2, 0.25) is 5.95 Å². The van der Waals surface area contributed by atoms with E-state index in [0.717, 1.165) is 19.0 Å². The molecular weight excluding hydrogens is 365 g/mol. The van der Waals surface area contributed by atoms with Crippen LogP contribution in [-0.2, 0) is 15.1 Å². The van der Waals surface area contributed by atoms with Crippen molar-refractivity contribution < 1.29 is 24.1 Å². The summed E-state index contributed by atoms with van der Waals surface area (Å²) >= 11 is 0. The van der Waals surface area contributed by atoms with Crippen molar-refractivity contribution in [2.75, 3.05) is 18.5 Å². The minimum absolute atomic E-state index is 0.0627. The van der Waals surface area contributed by atoms with Crippen molar-refractivity contribution in [1.29, 1.82) is 0 Å². The second-order valence-electron chi connectivity index (χ2n) is 7.54. The predicted octanol–water partition coefficient (Wildman–Crippen LogP) is 2.56. The molecule has 2 aromatic rings. The Hall–Kier alpha value is -2.58. The molecule has 0 spiro atoms. The van der Waals surface area contributed by atoms with E-state index in [1.54, 1.807) is 24.3 Å². The van der Waals surface area contributed by atoms with Gasteiger partial charge in [0, 0.05) is 11.6 Å². The molecule has 2 heterocycles. The zero-order valence-electron chi connectivity index (χ0n) is 15.3. The van der Waals surface area contributed by atoms with Crippen molar-refractivity contribution in [2.24, 2.45) is 5.92 Å². The van der Waals surface area contributed by atoms with Crippen molar-refractivity contribution in [2.45, 2.75) is 37.3 Å². The number of halogens is 1. The normalized spacial score (nSPS) is 23.6. The van der Waals surface area contributed by atoms with Crippen LogP contribution in [0.2, 0.25) is 0 Å². The Morgan fingerprint density at radius 2 is 2.14 bits per heavy atom. The third-order valence-corrected chi connectivity index (χ3v) is 5.46. The molecule has 148 valence electrons.